The summed E-state index contributed by atoms with van der Waals surface area (Å²) in [4.78, 5) is 10.7. The van der Waals surface area contributed by atoms with Gasteiger partial charge in [-0.25, -0.2) is 0 Å². The number of rotatable bonds is 4. The maximum absolute atomic E-state index is 11.1. The lowest BCUT2D eigenvalue weighted by atomic mass is 9.77. The Labute approximate surface area is 123 Å². The van der Waals surface area contributed by atoms with E-state index in [1.165, 1.54) is 6.07 Å². The molecule has 2 rings (SSSR count). The quantitative estimate of drug-likeness (QED) is 0.658. The van der Waals surface area contributed by atoms with Gasteiger partial charge in [0.15, 0.2) is 0 Å². The highest BCUT2D eigenvalue weighted by atomic mass is 35.5. The predicted molar refractivity (Wildman–Crippen MR) is 79.2 cm³/mol. The van der Waals surface area contributed by atoms with E-state index < -0.39 is 10.5 Å². The first-order valence-electron chi connectivity index (χ1n) is 6.79. The molecular formula is C14H19ClN2O3. The van der Waals surface area contributed by atoms with Crippen molar-refractivity contribution in [3.05, 3.63) is 33.3 Å². The Balaban J connectivity index is 2.28. The van der Waals surface area contributed by atoms with Crippen LogP contribution < -0.4 is 5.32 Å². The number of nitro groups is 1. The summed E-state index contributed by atoms with van der Waals surface area (Å²) < 4.78 is 0. The largest absolute Gasteiger partial charge is 0.394 e. The summed E-state index contributed by atoms with van der Waals surface area (Å²) in [6, 6.07) is 4.81. The number of nitrogens with one attached hydrogen (secondary N) is 1. The van der Waals surface area contributed by atoms with Crippen LogP contribution >= 0.6 is 11.6 Å². The standard InChI is InChI=1S/C14H19ClN2O3/c1-10-5-7-14(9-18,8-6-10)16-12-4-2-3-11(15)13(12)17(19)20/h2-4,10,16,18H,5-9H2,1H3. The van der Waals surface area contributed by atoms with Crippen LogP contribution in [0.4, 0.5) is 11.4 Å². The number of nitrogens with zero attached hydrogens (tertiary/aromatic N) is 1. The second kappa shape index (κ2) is 5.97. The molecule has 1 aliphatic rings. The fraction of sp³-hybridized carbons (Fsp3) is 0.571. The summed E-state index contributed by atoms with van der Waals surface area (Å²) in [6.07, 6.45) is 3.60. The maximum atomic E-state index is 11.1. The van der Waals surface area contributed by atoms with Crippen molar-refractivity contribution in [2.45, 2.75) is 38.1 Å². The van der Waals surface area contributed by atoms with E-state index in [1.54, 1.807) is 12.1 Å². The van der Waals surface area contributed by atoms with Crippen LogP contribution in [0.2, 0.25) is 5.02 Å². The minimum Gasteiger partial charge on any atom is -0.394 e. The van der Waals surface area contributed by atoms with E-state index in [4.69, 9.17) is 11.6 Å². The molecule has 0 saturated heterocycles. The third-order valence-corrected chi connectivity index (χ3v) is 4.41. The zero-order valence-electron chi connectivity index (χ0n) is 11.4. The zero-order valence-corrected chi connectivity index (χ0v) is 12.2. The van der Waals surface area contributed by atoms with Gasteiger partial charge in [-0.1, -0.05) is 24.6 Å². The molecule has 0 radical (unpaired) electrons. The molecule has 1 saturated carbocycles. The van der Waals surface area contributed by atoms with E-state index >= 15 is 0 Å². The Morgan fingerprint density at radius 1 is 1.50 bits per heavy atom. The number of hydrogen-bond donors (Lipinski definition) is 2. The van der Waals surface area contributed by atoms with E-state index in [0.29, 0.717) is 11.6 Å². The molecule has 0 spiro atoms. The number of anilines is 1. The molecule has 20 heavy (non-hydrogen) atoms. The molecule has 0 bridgehead atoms. The zero-order chi connectivity index (χ0) is 14.8. The van der Waals surface area contributed by atoms with Crippen LogP contribution in [0.25, 0.3) is 0 Å². The summed E-state index contributed by atoms with van der Waals surface area (Å²) in [5, 5.41) is 24.2. The second-order valence-corrected chi connectivity index (χ2v) is 6.05. The van der Waals surface area contributed by atoms with Gasteiger partial charge in [-0.2, -0.15) is 0 Å². The van der Waals surface area contributed by atoms with Crippen molar-refractivity contribution in [1.29, 1.82) is 0 Å². The van der Waals surface area contributed by atoms with Crippen molar-refractivity contribution < 1.29 is 10.0 Å². The number of benzene rings is 1. The van der Waals surface area contributed by atoms with Crippen molar-refractivity contribution in [2.24, 2.45) is 5.92 Å². The first kappa shape index (κ1) is 15.1. The Hall–Kier alpha value is -1.33. The van der Waals surface area contributed by atoms with Gasteiger partial charge >= 0.3 is 5.69 Å². The van der Waals surface area contributed by atoms with Crippen molar-refractivity contribution in [2.75, 3.05) is 11.9 Å². The van der Waals surface area contributed by atoms with Crippen molar-refractivity contribution in [3.63, 3.8) is 0 Å². The lowest BCUT2D eigenvalue weighted by Gasteiger charge is -2.39. The second-order valence-electron chi connectivity index (χ2n) is 5.64. The summed E-state index contributed by atoms with van der Waals surface area (Å²) >= 11 is 5.91. The van der Waals surface area contributed by atoms with Crippen LogP contribution in [0.15, 0.2) is 18.2 Å². The lowest BCUT2D eigenvalue weighted by Crippen LogP contribution is -2.45. The highest BCUT2D eigenvalue weighted by Crippen LogP contribution is 2.39. The van der Waals surface area contributed by atoms with Crippen LogP contribution in [0.1, 0.15) is 32.6 Å². The Morgan fingerprint density at radius 3 is 2.70 bits per heavy atom. The molecule has 110 valence electrons. The van der Waals surface area contributed by atoms with Gasteiger partial charge < -0.3 is 10.4 Å². The molecule has 0 unspecified atom stereocenters. The maximum Gasteiger partial charge on any atom is 0.310 e. The number of hydrogen-bond acceptors (Lipinski definition) is 4. The number of halogens is 1. The van der Waals surface area contributed by atoms with Gasteiger partial charge in [-0.15, -0.1) is 0 Å². The van der Waals surface area contributed by atoms with E-state index in [0.717, 1.165) is 25.7 Å². The van der Waals surface area contributed by atoms with Crippen LogP contribution in [0, 0.1) is 16.0 Å². The average Bonchev–Trinajstić information content (AvgIpc) is 2.41. The highest BCUT2D eigenvalue weighted by molar-refractivity contribution is 6.33. The first-order chi connectivity index (χ1) is 9.47. The summed E-state index contributed by atoms with van der Waals surface area (Å²) in [6.45, 7) is 2.15. The molecule has 1 aromatic rings. The number of para-hydroxylation sites is 1. The topological polar surface area (TPSA) is 75.4 Å². The molecule has 0 heterocycles. The third-order valence-electron chi connectivity index (χ3n) is 4.10. The molecule has 2 N–H and O–H groups in total. The Kier molecular flexibility index (Phi) is 4.50. The molecule has 0 amide bonds. The summed E-state index contributed by atoms with van der Waals surface area (Å²) in [5.74, 6) is 0.630. The predicted octanol–water partition coefficient (Wildman–Crippen LogP) is 3.60. The SMILES string of the molecule is CC1CCC(CO)(Nc2cccc(Cl)c2[N+](=O)[O-])CC1. The fourth-order valence-electron chi connectivity index (χ4n) is 2.72. The van der Waals surface area contributed by atoms with Crippen LogP contribution in [0.5, 0.6) is 0 Å². The fourth-order valence-corrected chi connectivity index (χ4v) is 2.97. The van der Waals surface area contributed by atoms with E-state index in [9.17, 15) is 15.2 Å². The third kappa shape index (κ3) is 3.04. The molecule has 6 heteroatoms. The van der Waals surface area contributed by atoms with Crippen LogP contribution in [-0.4, -0.2) is 22.2 Å². The van der Waals surface area contributed by atoms with E-state index in [-0.39, 0.29) is 17.3 Å². The van der Waals surface area contributed by atoms with E-state index in [1.807, 2.05) is 0 Å². The van der Waals surface area contributed by atoms with Gasteiger partial charge in [-0.3, -0.25) is 10.1 Å². The first-order valence-corrected chi connectivity index (χ1v) is 7.17. The molecule has 1 aliphatic carbocycles. The number of aliphatic hydroxyl groups excluding tert-OH is 1. The van der Waals surface area contributed by atoms with Crippen molar-refractivity contribution >= 4 is 23.0 Å². The van der Waals surface area contributed by atoms with Gasteiger partial charge in [-0.05, 0) is 43.7 Å². The summed E-state index contributed by atoms with van der Waals surface area (Å²) in [5.41, 5.74) is -0.228. The smallest absolute Gasteiger partial charge is 0.310 e. The number of nitro benzene ring substituents is 1. The molecule has 0 aromatic heterocycles. The van der Waals surface area contributed by atoms with Crippen molar-refractivity contribution in [3.8, 4) is 0 Å². The van der Waals surface area contributed by atoms with Crippen molar-refractivity contribution in [1.82, 2.24) is 0 Å². The normalized spacial score (nSPS) is 26.2. The van der Waals surface area contributed by atoms with Crippen LogP contribution in [0.3, 0.4) is 0 Å². The van der Waals surface area contributed by atoms with E-state index in [2.05, 4.69) is 12.2 Å². The molecule has 1 fully saturated rings. The summed E-state index contributed by atoms with van der Waals surface area (Å²) in [7, 11) is 0. The molecule has 5 nitrogen and oxygen atoms in total. The van der Waals surface area contributed by atoms with Gasteiger partial charge in [0.2, 0.25) is 0 Å². The van der Waals surface area contributed by atoms with Gasteiger partial charge in [0.25, 0.3) is 0 Å². The average molecular weight is 299 g/mol. The van der Waals surface area contributed by atoms with Crippen LogP contribution in [-0.2, 0) is 0 Å². The minimum absolute atomic E-state index is 0.0383. The Morgan fingerprint density at radius 2 is 2.15 bits per heavy atom. The molecule has 0 atom stereocenters. The van der Waals surface area contributed by atoms with Gasteiger partial charge in [0, 0.05) is 0 Å². The monoisotopic (exact) mass is 298 g/mol. The highest BCUT2D eigenvalue weighted by Gasteiger charge is 2.35. The molecular weight excluding hydrogens is 280 g/mol. The van der Waals surface area contributed by atoms with Gasteiger partial charge in [0.1, 0.15) is 10.7 Å². The van der Waals surface area contributed by atoms with Gasteiger partial charge in [0.05, 0.1) is 17.1 Å². The number of aliphatic hydroxyl groups is 1. The molecule has 0 aliphatic heterocycles. The minimum atomic E-state index is -0.485. The Bertz CT molecular complexity index is 499. The lowest BCUT2D eigenvalue weighted by molar-refractivity contribution is -0.383. The molecule has 1 aromatic carbocycles.